The zero-order valence-electron chi connectivity index (χ0n) is 9.68. The summed E-state index contributed by atoms with van der Waals surface area (Å²) in [6, 6.07) is 1.54. The first-order valence-electron chi connectivity index (χ1n) is 5.66. The van der Waals surface area contributed by atoms with Crippen molar-refractivity contribution in [3.05, 3.63) is 21.9 Å². The van der Waals surface area contributed by atoms with E-state index in [1.54, 1.807) is 18.6 Å². The second-order valence-electron chi connectivity index (χ2n) is 4.36. The van der Waals surface area contributed by atoms with Gasteiger partial charge in [0.05, 0.1) is 16.5 Å². The molecular weight excluding hydrogens is 240 g/mol. The molecule has 2 rings (SSSR count). The Labute approximate surface area is 104 Å². The average molecular weight is 256 g/mol. The molecule has 0 spiro atoms. The maximum absolute atomic E-state index is 11.1. The van der Waals surface area contributed by atoms with Crippen LogP contribution in [0.25, 0.3) is 0 Å². The SMILES string of the molecule is COC1CCCCC1(O)c1sccc1C(=O)O. The Bertz CT molecular complexity index is 414. The normalized spacial score (nSPS) is 29.2. The van der Waals surface area contributed by atoms with Crippen LogP contribution in [0.15, 0.2) is 11.4 Å². The van der Waals surface area contributed by atoms with Gasteiger partial charge in [-0.05, 0) is 30.7 Å². The number of carboxylic acid groups (broad SMARTS) is 1. The molecule has 5 heteroatoms. The Morgan fingerprint density at radius 3 is 3.00 bits per heavy atom. The molecule has 94 valence electrons. The topological polar surface area (TPSA) is 66.8 Å². The van der Waals surface area contributed by atoms with E-state index in [9.17, 15) is 9.90 Å². The molecule has 2 N–H and O–H groups in total. The first-order valence-corrected chi connectivity index (χ1v) is 6.54. The van der Waals surface area contributed by atoms with E-state index < -0.39 is 11.6 Å². The monoisotopic (exact) mass is 256 g/mol. The third-order valence-corrected chi connectivity index (χ3v) is 4.46. The van der Waals surface area contributed by atoms with Gasteiger partial charge in [-0.15, -0.1) is 11.3 Å². The minimum absolute atomic E-state index is 0.196. The van der Waals surface area contributed by atoms with Crippen LogP contribution >= 0.6 is 11.3 Å². The van der Waals surface area contributed by atoms with E-state index in [-0.39, 0.29) is 11.7 Å². The minimum Gasteiger partial charge on any atom is -0.478 e. The van der Waals surface area contributed by atoms with Gasteiger partial charge >= 0.3 is 5.97 Å². The number of ether oxygens (including phenoxy) is 1. The summed E-state index contributed by atoms with van der Waals surface area (Å²) in [5, 5.41) is 21.6. The Morgan fingerprint density at radius 2 is 2.35 bits per heavy atom. The highest BCUT2D eigenvalue weighted by atomic mass is 32.1. The molecule has 1 aromatic rings. The van der Waals surface area contributed by atoms with Gasteiger partial charge in [-0.2, -0.15) is 0 Å². The summed E-state index contributed by atoms with van der Waals surface area (Å²) < 4.78 is 5.33. The standard InChI is InChI=1S/C12H16O4S/c1-16-9-4-2-3-6-12(9,15)10-8(11(13)14)5-7-17-10/h5,7,9,15H,2-4,6H2,1H3,(H,13,14). The first-order chi connectivity index (χ1) is 8.09. The van der Waals surface area contributed by atoms with Gasteiger partial charge in [0.1, 0.15) is 5.60 Å². The minimum atomic E-state index is -1.14. The lowest BCUT2D eigenvalue weighted by atomic mass is 9.80. The van der Waals surface area contributed by atoms with Crippen molar-refractivity contribution in [3.63, 3.8) is 0 Å². The van der Waals surface area contributed by atoms with E-state index in [1.807, 2.05) is 0 Å². The van der Waals surface area contributed by atoms with Crippen LogP contribution in [0.1, 0.15) is 40.9 Å². The van der Waals surface area contributed by atoms with E-state index in [2.05, 4.69) is 0 Å². The van der Waals surface area contributed by atoms with Crippen LogP contribution in [0.4, 0.5) is 0 Å². The van der Waals surface area contributed by atoms with Crippen molar-refractivity contribution in [2.75, 3.05) is 7.11 Å². The summed E-state index contributed by atoms with van der Waals surface area (Å²) in [5.41, 5.74) is -0.948. The molecule has 0 aliphatic heterocycles. The maximum Gasteiger partial charge on any atom is 0.336 e. The molecule has 2 atom stereocenters. The summed E-state index contributed by atoms with van der Waals surface area (Å²) in [5.74, 6) is -0.991. The highest BCUT2D eigenvalue weighted by Crippen LogP contribution is 2.42. The van der Waals surface area contributed by atoms with Gasteiger partial charge < -0.3 is 14.9 Å². The van der Waals surface area contributed by atoms with E-state index in [4.69, 9.17) is 9.84 Å². The van der Waals surface area contributed by atoms with Gasteiger partial charge in [-0.3, -0.25) is 0 Å². The number of thiophene rings is 1. The summed E-state index contributed by atoms with van der Waals surface area (Å²) in [7, 11) is 1.56. The number of rotatable bonds is 3. The van der Waals surface area contributed by atoms with E-state index in [1.165, 1.54) is 11.3 Å². The highest BCUT2D eigenvalue weighted by molar-refractivity contribution is 7.10. The lowest BCUT2D eigenvalue weighted by Crippen LogP contribution is -2.43. The van der Waals surface area contributed by atoms with Gasteiger partial charge in [0, 0.05) is 7.11 Å². The van der Waals surface area contributed by atoms with Crippen LogP contribution in [0.3, 0.4) is 0 Å². The maximum atomic E-state index is 11.1. The Morgan fingerprint density at radius 1 is 1.59 bits per heavy atom. The third-order valence-electron chi connectivity index (χ3n) is 3.38. The molecular formula is C12H16O4S. The van der Waals surface area contributed by atoms with Crippen molar-refractivity contribution in [1.29, 1.82) is 0 Å². The van der Waals surface area contributed by atoms with Crippen LogP contribution in [0, 0.1) is 0 Å². The summed E-state index contributed by atoms with van der Waals surface area (Å²) in [6.07, 6.45) is 2.92. The Kier molecular flexibility index (Phi) is 3.51. The predicted octanol–water partition coefficient (Wildman–Crippen LogP) is 2.22. The Hall–Kier alpha value is -0.910. The van der Waals surface area contributed by atoms with Crippen LogP contribution in [0.5, 0.6) is 0 Å². The first kappa shape index (κ1) is 12.5. The quantitative estimate of drug-likeness (QED) is 0.870. The fourth-order valence-corrected chi connectivity index (χ4v) is 3.57. The Balaban J connectivity index is 2.41. The third kappa shape index (κ3) is 2.10. The average Bonchev–Trinajstić information content (AvgIpc) is 2.79. The zero-order chi connectivity index (χ0) is 12.5. The van der Waals surface area contributed by atoms with Crippen molar-refractivity contribution in [3.8, 4) is 0 Å². The fraction of sp³-hybridized carbons (Fsp3) is 0.583. The molecule has 1 aliphatic carbocycles. The molecule has 0 radical (unpaired) electrons. The number of carbonyl (C=O) groups is 1. The summed E-state index contributed by atoms with van der Waals surface area (Å²) >= 11 is 1.29. The smallest absolute Gasteiger partial charge is 0.336 e. The number of hydrogen-bond acceptors (Lipinski definition) is 4. The van der Waals surface area contributed by atoms with Crippen molar-refractivity contribution >= 4 is 17.3 Å². The molecule has 0 aromatic carbocycles. The number of aliphatic hydroxyl groups is 1. The second-order valence-corrected chi connectivity index (χ2v) is 5.28. The fourth-order valence-electron chi connectivity index (χ4n) is 2.51. The molecule has 0 bridgehead atoms. The molecule has 1 heterocycles. The molecule has 4 nitrogen and oxygen atoms in total. The molecule has 1 aliphatic rings. The lowest BCUT2D eigenvalue weighted by Gasteiger charge is -2.38. The van der Waals surface area contributed by atoms with Crippen LogP contribution in [-0.4, -0.2) is 29.4 Å². The van der Waals surface area contributed by atoms with Gasteiger partial charge in [0.25, 0.3) is 0 Å². The number of methoxy groups -OCH3 is 1. The van der Waals surface area contributed by atoms with Crippen LogP contribution in [0.2, 0.25) is 0 Å². The van der Waals surface area contributed by atoms with Crippen molar-refractivity contribution < 1.29 is 19.7 Å². The molecule has 1 saturated carbocycles. The number of aromatic carboxylic acids is 1. The lowest BCUT2D eigenvalue weighted by molar-refractivity contribution is -0.120. The molecule has 0 saturated heterocycles. The molecule has 2 unspecified atom stereocenters. The largest absolute Gasteiger partial charge is 0.478 e. The van der Waals surface area contributed by atoms with Gasteiger partial charge in [0.2, 0.25) is 0 Å². The van der Waals surface area contributed by atoms with Gasteiger partial charge in [-0.25, -0.2) is 4.79 Å². The second kappa shape index (κ2) is 4.76. The number of carboxylic acids is 1. The van der Waals surface area contributed by atoms with Crippen molar-refractivity contribution in [2.45, 2.75) is 37.4 Å². The predicted molar refractivity (Wildman–Crippen MR) is 64.4 cm³/mol. The highest BCUT2D eigenvalue weighted by Gasteiger charge is 2.43. The van der Waals surface area contributed by atoms with Crippen LogP contribution in [-0.2, 0) is 10.3 Å². The summed E-state index contributed by atoms with van der Waals surface area (Å²) in [6.45, 7) is 0. The van der Waals surface area contributed by atoms with E-state index >= 15 is 0 Å². The zero-order valence-corrected chi connectivity index (χ0v) is 10.5. The molecule has 17 heavy (non-hydrogen) atoms. The van der Waals surface area contributed by atoms with Gasteiger partial charge in [-0.1, -0.05) is 6.42 Å². The van der Waals surface area contributed by atoms with Crippen LogP contribution < -0.4 is 0 Å². The van der Waals surface area contributed by atoms with E-state index in [0.29, 0.717) is 11.3 Å². The van der Waals surface area contributed by atoms with Gasteiger partial charge in [0.15, 0.2) is 0 Å². The van der Waals surface area contributed by atoms with E-state index in [0.717, 1.165) is 19.3 Å². The van der Waals surface area contributed by atoms with Crippen molar-refractivity contribution in [2.24, 2.45) is 0 Å². The molecule has 1 fully saturated rings. The number of hydrogen-bond donors (Lipinski definition) is 2. The molecule has 0 amide bonds. The molecule has 1 aromatic heterocycles. The summed E-state index contributed by atoms with van der Waals surface area (Å²) in [4.78, 5) is 11.6. The van der Waals surface area contributed by atoms with Crippen molar-refractivity contribution in [1.82, 2.24) is 0 Å².